The minimum absolute atomic E-state index is 0.812. The van der Waals surface area contributed by atoms with Crippen molar-refractivity contribution < 1.29 is 4.43 Å². The quantitative estimate of drug-likeness (QED) is 0.617. The van der Waals surface area contributed by atoms with Crippen molar-refractivity contribution in [3.05, 3.63) is 0 Å². The van der Waals surface area contributed by atoms with Gasteiger partial charge in [0.2, 0.25) is 0 Å². The van der Waals surface area contributed by atoms with Crippen molar-refractivity contribution in [1.29, 1.82) is 0 Å². The van der Waals surface area contributed by atoms with Gasteiger partial charge >= 0.3 is 0 Å². The van der Waals surface area contributed by atoms with Crippen LogP contribution in [0.1, 0.15) is 51.9 Å². The van der Waals surface area contributed by atoms with E-state index in [9.17, 15) is 0 Å². The molecule has 0 aromatic rings. The summed E-state index contributed by atoms with van der Waals surface area (Å²) in [5.41, 5.74) is 1.00. The molecule has 78 valence electrons. The Morgan fingerprint density at radius 1 is 1.23 bits per heavy atom. The summed E-state index contributed by atoms with van der Waals surface area (Å²) in [7, 11) is 1.13. The zero-order chi connectivity index (χ0) is 9.52. The van der Waals surface area contributed by atoms with Crippen LogP contribution < -0.4 is 0 Å². The molecule has 13 heavy (non-hydrogen) atoms. The molecule has 0 heterocycles. The summed E-state index contributed by atoms with van der Waals surface area (Å²) in [5.74, 6) is 0. The van der Waals surface area contributed by atoms with E-state index in [4.69, 9.17) is 4.43 Å². The van der Waals surface area contributed by atoms with Crippen LogP contribution in [0.2, 0.25) is 11.6 Å². The van der Waals surface area contributed by atoms with E-state index >= 15 is 0 Å². The van der Waals surface area contributed by atoms with Crippen molar-refractivity contribution in [1.82, 2.24) is 0 Å². The van der Waals surface area contributed by atoms with Gasteiger partial charge in [-0.15, -0.1) is 0 Å². The topological polar surface area (TPSA) is 9.23 Å². The second-order valence-corrected chi connectivity index (χ2v) is 7.38. The average molecular weight is 200 g/mol. The van der Waals surface area contributed by atoms with Gasteiger partial charge in [0, 0.05) is 7.11 Å². The Morgan fingerprint density at radius 3 is 2.46 bits per heavy atom. The third kappa shape index (κ3) is 3.82. The highest BCUT2D eigenvalue weighted by molar-refractivity contribution is 6.53. The summed E-state index contributed by atoms with van der Waals surface area (Å²) in [6.07, 6.45) is 10.0. The SMILES string of the molecule is CCCC[SiH](OC)C1CCCCC1. The van der Waals surface area contributed by atoms with E-state index in [0.717, 1.165) is 5.54 Å². The molecule has 1 nitrogen and oxygen atoms in total. The number of hydrogen-bond donors (Lipinski definition) is 0. The maximum atomic E-state index is 5.73. The first-order valence-electron chi connectivity index (χ1n) is 5.91. The largest absolute Gasteiger partial charge is 0.423 e. The summed E-state index contributed by atoms with van der Waals surface area (Å²) in [6.45, 7) is 2.28. The van der Waals surface area contributed by atoms with Crippen LogP contribution in [0.4, 0.5) is 0 Å². The van der Waals surface area contributed by atoms with E-state index in [-0.39, 0.29) is 0 Å². The molecule has 0 aromatic carbocycles. The first-order valence-corrected chi connectivity index (χ1v) is 7.86. The fourth-order valence-corrected chi connectivity index (χ4v) is 5.57. The van der Waals surface area contributed by atoms with Crippen LogP contribution in [-0.2, 0) is 4.43 Å². The van der Waals surface area contributed by atoms with Crippen molar-refractivity contribution in [2.24, 2.45) is 0 Å². The molecule has 0 radical (unpaired) electrons. The normalized spacial score (nSPS) is 21.7. The Morgan fingerprint density at radius 2 is 1.92 bits per heavy atom. The molecule has 0 N–H and O–H groups in total. The molecule has 0 spiro atoms. The molecule has 1 aliphatic rings. The lowest BCUT2D eigenvalue weighted by molar-refractivity contribution is 0.376. The summed E-state index contributed by atoms with van der Waals surface area (Å²) in [6, 6.07) is 1.41. The van der Waals surface area contributed by atoms with E-state index in [1.165, 1.54) is 51.0 Å². The predicted molar refractivity (Wildman–Crippen MR) is 60.7 cm³/mol. The lowest BCUT2D eigenvalue weighted by atomic mass is 10.0. The molecule has 0 bridgehead atoms. The van der Waals surface area contributed by atoms with Gasteiger partial charge in [0.05, 0.1) is 0 Å². The summed E-state index contributed by atoms with van der Waals surface area (Å²) >= 11 is 0. The monoisotopic (exact) mass is 200 g/mol. The smallest absolute Gasteiger partial charge is 0.179 e. The average Bonchev–Trinajstić information content (AvgIpc) is 2.21. The van der Waals surface area contributed by atoms with Crippen LogP contribution in [-0.4, -0.2) is 16.2 Å². The Balaban J connectivity index is 2.26. The number of rotatable bonds is 5. The minimum Gasteiger partial charge on any atom is -0.423 e. The van der Waals surface area contributed by atoms with Crippen molar-refractivity contribution in [2.75, 3.05) is 7.11 Å². The Kier molecular flexibility index (Phi) is 5.72. The Bertz CT molecular complexity index is 121. The Labute approximate surface area is 84.6 Å². The van der Waals surface area contributed by atoms with Crippen LogP contribution in [0.25, 0.3) is 0 Å². The zero-order valence-corrected chi connectivity index (χ0v) is 10.4. The molecule has 1 unspecified atom stereocenters. The van der Waals surface area contributed by atoms with Gasteiger partial charge in [-0.1, -0.05) is 51.9 Å². The van der Waals surface area contributed by atoms with Crippen molar-refractivity contribution in [3.8, 4) is 0 Å². The van der Waals surface area contributed by atoms with Crippen LogP contribution in [0, 0.1) is 0 Å². The van der Waals surface area contributed by atoms with Crippen LogP contribution in [0.5, 0.6) is 0 Å². The van der Waals surface area contributed by atoms with E-state index < -0.39 is 9.04 Å². The van der Waals surface area contributed by atoms with Crippen LogP contribution in [0.15, 0.2) is 0 Å². The number of hydrogen-bond acceptors (Lipinski definition) is 1. The Hall–Kier alpha value is 0.177. The second-order valence-electron chi connectivity index (χ2n) is 4.31. The zero-order valence-electron chi connectivity index (χ0n) is 9.22. The molecule has 0 amide bonds. The molecule has 0 aliphatic heterocycles. The molecule has 1 rings (SSSR count). The van der Waals surface area contributed by atoms with Gasteiger partial charge in [0.1, 0.15) is 0 Å². The van der Waals surface area contributed by atoms with Gasteiger partial charge in [-0.05, 0) is 11.6 Å². The molecular formula is C11H24OSi. The van der Waals surface area contributed by atoms with Gasteiger partial charge in [-0.2, -0.15) is 0 Å². The number of unbranched alkanes of at least 4 members (excludes halogenated alkanes) is 1. The van der Waals surface area contributed by atoms with Crippen molar-refractivity contribution in [3.63, 3.8) is 0 Å². The van der Waals surface area contributed by atoms with E-state index in [0.29, 0.717) is 0 Å². The molecular weight excluding hydrogens is 176 g/mol. The first kappa shape index (κ1) is 11.3. The summed E-state index contributed by atoms with van der Waals surface area (Å²) in [4.78, 5) is 0. The van der Waals surface area contributed by atoms with Gasteiger partial charge in [0.15, 0.2) is 9.04 Å². The third-order valence-corrected chi connectivity index (χ3v) is 6.62. The molecule has 1 atom stereocenters. The highest BCUT2D eigenvalue weighted by Crippen LogP contribution is 2.33. The standard InChI is InChI=1S/C11H24OSi/c1-3-4-10-13(12-2)11-8-6-5-7-9-11/h11,13H,3-10H2,1-2H3. The van der Waals surface area contributed by atoms with E-state index in [1.54, 1.807) is 0 Å². The molecule has 0 aromatic heterocycles. The highest BCUT2D eigenvalue weighted by atomic mass is 28.3. The van der Waals surface area contributed by atoms with Gasteiger partial charge in [-0.25, -0.2) is 0 Å². The third-order valence-electron chi connectivity index (χ3n) is 3.32. The first-order chi connectivity index (χ1) is 6.38. The maximum absolute atomic E-state index is 5.73. The van der Waals surface area contributed by atoms with Gasteiger partial charge < -0.3 is 4.43 Å². The summed E-state index contributed by atoms with van der Waals surface area (Å²) in [5, 5.41) is 0. The molecule has 0 saturated heterocycles. The minimum atomic E-state index is -0.812. The van der Waals surface area contributed by atoms with Crippen molar-refractivity contribution >= 4 is 9.04 Å². The van der Waals surface area contributed by atoms with E-state index in [2.05, 4.69) is 6.92 Å². The predicted octanol–water partition coefficient (Wildman–Crippen LogP) is 3.49. The summed E-state index contributed by atoms with van der Waals surface area (Å²) < 4.78 is 5.73. The van der Waals surface area contributed by atoms with E-state index in [1.807, 2.05) is 7.11 Å². The van der Waals surface area contributed by atoms with Gasteiger partial charge in [0.25, 0.3) is 0 Å². The lowest BCUT2D eigenvalue weighted by Crippen LogP contribution is -2.25. The van der Waals surface area contributed by atoms with Gasteiger partial charge in [-0.3, -0.25) is 0 Å². The van der Waals surface area contributed by atoms with Crippen LogP contribution >= 0.6 is 0 Å². The maximum Gasteiger partial charge on any atom is 0.179 e. The lowest BCUT2D eigenvalue weighted by Gasteiger charge is -2.27. The fourth-order valence-electron chi connectivity index (χ4n) is 2.46. The molecule has 1 fully saturated rings. The fraction of sp³-hybridized carbons (Fsp3) is 1.00. The van der Waals surface area contributed by atoms with Crippen LogP contribution in [0.3, 0.4) is 0 Å². The second kappa shape index (κ2) is 6.60. The molecule has 1 saturated carbocycles. The molecule has 1 aliphatic carbocycles. The van der Waals surface area contributed by atoms with Crippen molar-refractivity contribution in [2.45, 2.75) is 63.5 Å². The highest BCUT2D eigenvalue weighted by Gasteiger charge is 2.24. The molecule has 2 heteroatoms.